The Labute approximate surface area is 127 Å². The number of primary amides is 1. The van der Waals surface area contributed by atoms with Gasteiger partial charge in [0, 0.05) is 16.3 Å². The lowest BCUT2D eigenvalue weighted by atomic mass is 10.0. The molecule has 2 N–H and O–H groups in total. The quantitative estimate of drug-likeness (QED) is 0.860. The summed E-state index contributed by atoms with van der Waals surface area (Å²) in [7, 11) is 0. The summed E-state index contributed by atoms with van der Waals surface area (Å²) in [6.07, 6.45) is 1.83. The second-order valence-corrected chi connectivity index (χ2v) is 5.65. The van der Waals surface area contributed by atoms with Crippen molar-refractivity contribution >= 4 is 30.1 Å². The summed E-state index contributed by atoms with van der Waals surface area (Å²) in [5.41, 5.74) is 7.01. The molecule has 7 heteroatoms. The van der Waals surface area contributed by atoms with Crippen molar-refractivity contribution in [2.45, 2.75) is 19.9 Å². The summed E-state index contributed by atoms with van der Waals surface area (Å²) < 4.78 is 5.01. The summed E-state index contributed by atoms with van der Waals surface area (Å²) in [4.78, 5) is 34.8. The topological polar surface area (TPSA) is 89.7 Å². The van der Waals surface area contributed by atoms with E-state index in [0.29, 0.717) is 25.1 Å². The van der Waals surface area contributed by atoms with Gasteiger partial charge >= 0.3 is 6.09 Å². The number of nitrogens with zero attached hydrogens (tertiary/aromatic N) is 1. The molecule has 0 unspecified atom stereocenters. The Balaban J connectivity index is 0.00000106. The molecule has 2 rings (SSSR count). The maximum absolute atomic E-state index is 11.8. The number of amides is 2. The number of carbonyl (C=O) groups is 3. The molecule has 0 saturated heterocycles. The predicted molar refractivity (Wildman–Crippen MR) is 80.4 cm³/mol. The third kappa shape index (κ3) is 3.69. The maximum atomic E-state index is 11.8. The first-order chi connectivity index (χ1) is 10.0. The van der Waals surface area contributed by atoms with E-state index in [1.807, 2.05) is 13.7 Å². The van der Waals surface area contributed by atoms with Gasteiger partial charge in [0.05, 0.1) is 12.1 Å². The summed E-state index contributed by atoms with van der Waals surface area (Å²) >= 11 is 1.52. The number of thiophene rings is 1. The normalized spacial score (nSPS) is 12.7. The minimum atomic E-state index is -0.391. The van der Waals surface area contributed by atoms with Crippen LogP contribution in [0.4, 0.5) is 4.79 Å². The standard InChI is InChI=1S/C13H16N2O3S.CH2O/c1-3-6-18-13(17)15-5-4-9-10(7-15)19-8(2)11(9)12(14)16;1-2/h3H,1,4-7H2,2H3,(H2,14,16);1H2. The molecule has 0 saturated carbocycles. The first-order valence-corrected chi connectivity index (χ1v) is 7.08. The molecular weight excluding hydrogens is 292 g/mol. The van der Waals surface area contributed by atoms with Gasteiger partial charge in [0.25, 0.3) is 0 Å². The van der Waals surface area contributed by atoms with Crippen LogP contribution in [0.3, 0.4) is 0 Å². The van der Waals surface area contributed by atoms with Crippen molar-refractivity contribution in [1.29, 1.82) is 0 Å². The summed E-state index contributed by atoms with van der Waals surface area (Å²) in [6, 6.07) is 0. The lowest BCUT2D eigenvalue weighted by Crippen LogP contribution is -2.36. The van der Waals surface area contributed by atoms with Crippen LogP contribution in [0.25, 0.3) is 0 Å². The van der Waals surface area contributed by atoms with Crippen LogP contribution in [0, 0.1) is 6.92 Å². The Morgan fingerprint density at radius 3 is 2.71 bits per heavy atom. The monoisotopic (exact) mass is 310 g/mol. The molecule has 0 aliphatic carbocycles. The molecule has 0 radical (unpaired) electrons. The molecule has 6 nitrogen and oxygen atoms in total. The van der Waals surface area contributed by atoms with Gasteiger partial charge in [-0.25, -0.2) is 4.79 Å². The van der Waals surface area contributed by atoms with Gasteiger partial charge in [0.2, 0.25) is 5.91 Å². The molecule has 2 heterocycles. The van der Waals surface area contributed by atoms with E-state index in [0.717, 1.165) is 15.3 Å². The van der Waals surface area contributed by atoms with Gasteiger partial charge in [0.1, 0.15) is 13.4 Å². The van der Waals surface area contributed by atoms with Gasteiger partial charge < -0.3 is 20.2 Å². The minimum absolute atomic E-state index is 0.207. The number of fused-ring (bicyclic) bond motifs is 1. The van der Waals surface area contributed by atoms with E-state index in [4.69, 9.17) is 15.3 Å². The van der Waals surface area contributed by atoms with Gasteiger partial charge in [-0.1, -0.05) is 12.7 Å². The van der Waals surface area contributed by atoms with Gasteiger partial charge in [-0.05, 0) is 18.9 Å². The highest BCUT2D eigenvalue weighted by Crippen LogP contribution is 2.32. The van der Waals surface area contributed by atoms with Crippen LogP contribution in [-0.4, -0.2) is 36.8 Å². The molecule has 114 valence electrons. The fraction of sp³-hybridized carbons (Fsp3) is 0.357. The van der Waals surface area contributed by atoms with Crippen molar-refractivity contribution in [2.75, 3.05) is 13.2 Å². The lowest BCUT2D eigenvalue weighted by molar-refractivity contribution is -0.0980. The van der Waals surface area contributed by atoms with Crippen LogP contribution in [-0.2, 0) is 22.5 Å². The fourth-order valence-corrected chi connectivity index (χ4v) is 3.48. The summed E-state index contributed by atoms with van der Waals surface area (Å²) in [5.74, 6) is -0.391. The SMILES string of the molecule is C=CCOC(=O)N1CCc2c(sc(C)c2C(N)=O)C1.C=O. The first-order valence-electron chi connectivity index (χ1n) is 6.27. The fourth-order valence-electron chi connectivity index (χ4n) is 2.24. The Kier molecular flexibility index (Phi) is 6.10. The molecule has 1 aliphatic heterocycles. The zero-order chi connectivity index (χ0) is 16.0. The zero-order valence-corrected chi connectivity index (χ0v) is 12.7. The van der Waals surface area contributed by atoms with Crippen molar-refractivity contribution in [1.82, 2.24) is 4.90 Å². The molecule has 1 aromatic heterocycles. The van der Waals surface area contributed by atoms with Crippen molar-refractivity contribution in [3.05, 3.63) is 33.5 Å². The molecule has 0 bridgehead atoms. The van der Waals surface area contributed by atoms with Crippen LogP contribution in [0.1, 0.15) is 25.7 Å². The maximum Gasteiger partial charge on any atom is 0.410 e. The van der Waals surface area contributed by atoms with Gasteiger partial charge in [-0.2, -0.15) is 0 Å². The number of hydrogen-bond donors (Lipinski definition) is 1. The number of carbonyl (C=O) groups excluding carboxylic acids is 3. The molecule has 0 spiro atoms. The third-order valence-corrected chi connectivity index (χ3v) is 4.19. The third-order valence-electron chi connectivity index (χ3n) is 3.06. The van der Waals surface area contributed by atoms with E-state index in [-0.39, 0.29) is 12.7 Å². The van der Waals surface area contributed by atoms with Crippen molar-refractivity contribution < 1.29 is 19.1 Å². The number of rotatable bonds is 3. The Bertz CT molecular complexity index is 553. The second kappa shape index (κ2) is 7.58. The Hall–Kier alpha value is -2.15. The number of nitrogens with two attached hydrogens (primary N) is 1. The van der Waals surface area contributed by atoms with Crippen LogP contribution in [0.15, 0.2) is 12.7 Å². The van der Waals surface area contributed by atoms with E-state index < -0.39 is 5.91 Å². The van der Waals surface area contributed by atoms with Gasteiger partial charge in [0.15, 0.2) is 0 Å². The summed E-state index contributed by atoms with van der Waals surface area (Å²) in [6.45, 7) is 8.61. The van der Waals surface area contributed by atoms with Gasteiger partial charge in [-0.3, -0.25) is 4.79 Å². The lowest BCUT2D eigenvalue weighted by Gasteiger charge is -2.26. The Morgan fingerprint density at radius 1 is 1.48 bits per heavy atom. The van der Waals surface area contributed by atoms with E-state index >= 15 is 0 Å². The minimum Gasteiger partial charge on any atom is -0.445 e. The molecule has 1 aliphatic rings. The molecule has 0 atom stereocenters. The van der Waals surface area contributed by atoms with Crippen molar-refractivity contribution in [3.8, 4) is 0 Å². The molecule has 21 heavy (non-hydrogen) atoms. The van der Waals surface area contributed by atoms with Crippen LogP contribution >= 0.6 is 11.3 Å². The second-order valence-electron chi connectivity index (χ2n) is 4.34. The molecule has 2 amide bonds. The smallest absolute Gasteiger partial charge is 0.410 e. The number of hydrogen-bond acceptors (Lipinski definition) is 5. The summed E-state index contributed by atoms with van der Waals surface area (Å²) in [5, 5.41) is 0. The highest BCUT2D eigenvalue weighted by molar-refractivity contribution is 7.12. The predicted octanol–water partition coefficient (Wildman–Crippen LogP) is 1.65. The van der Waals surface area contributed by atoms with E-state index in [1.165, 1.54) is 17.4 Å². The van der Waals surface area contributed by atoms with Crippen LogP contribution < -0.4 is 5.73 Å². The average Bonchev–Trinajstić information content (AvgIpc) is 2.81. The first kappa shape index (κ1) is 16.9. The average molecular weight is 310 g/mol. The van der Waals surface area contributed by atoms with E-state index in [2.05, 4.69) is 6.58 Å². The number of aryl methyl sites for hydroxylation is 1. The Morgan fingerprint density at radius 2 is 2.14 bits per heavy atom. The molecular formula is C14H18N2O4S. The molecule has 1 aromatic rings. The van der Waals surface area contributed by atoms with E-state index in [1.54, 1.807) is 4.90 Å². The van der Waals surface area contributed by atoms with Crippen LogP contribution in [0.5, 0.6) is 0 Å². The van der Waals surface area contributed by atoms with Crippen molar-refractivity contribution in [2.24, 2.45) is 5.73 Å². The number of ether oxygens (including phenoxy) is 1. The highest BCUT2D eigenvalue weighted by atomic mass is 32.1. The van der Waals surface area contributed by atoms with Gasteiger partial charge in [-0.15, -0.1) is 11.3 Å². The largest absolute Gasteiger partial charge is 0.445 e. The highest BCUT2D eigenvalue weighted by Gasteiger charge is 2.27. The van der Waals surface area contributed by atoms with E-state index in [9.17, 15) is 9.59 Å². The molecule has 0 fully saturated rings. The molecule has 0 aromatic carbocycles. The van der Waals surface area contributed by atoms with Crippen LogP contribution in [0.2, 0.25) is 0 Å². The zero-order valence-electron chi connectivity index (χ0n) is 11.9. The van der Waals surface area contributed by atoms with Crippen molar-refractivity contribution in [3.63, 3.8) is 0 Å².